The molecule has 0 saturated heterocycles. The van der Waals surface area contributed by atoms with Crippen LogP contribution >= 0.6 is 11.6 Å². The van der Waals surface area contributed by atoms with Crippen molar-refractivity contribution in [3.8, 4) is 5.75 Å². The highest BCUT2D eigenvalue weighted by molar-refractivity contribution is 6.32. The maximum atomic E-state index is 12.2. The van der Waals surface area contributed by atoms with E-state index in [1.54, 1.807) is 13.2 Å². The van der Waals surface area contributed by atoms with E-state index < -0.39 is 6.10 Å². The van der Waals surface area contributed by atoms with Gasteiger partial charge in [0.2, 0.25) is 5.91 Å². The van der Waals surface area contributed by atoms with E-state index in [1.807, 2.05) is 36.4 Å². The van der Waals surface area contributed by atoms with Crippen molar-refractivity contribution in [3.63, 3.8) is 0 Å². The molecule has 126 valence electrons. The minimum absolute atomic E-state index is 0.0706. The highest BCUT2D eigenvalue weighted by Crippen LogP contribution is 2.31. The molecule has 1 aliphatic rings. The first-order valence-electron chi connectivity index (χ1n) is 7.96. The average Bonchev–Trinajstić information content (AvgIpc) is 2.89. The van der Waals surface area contributed by atoms with Crippen molar-refractivity contribution in [2.45, 2.75) is 31.4 Å². The summed E-state index contributed by atoms with van der Waals surface area (Å²) in [5, 5.41) is 13.8. The van der Waals surface area contributed by atoms with E-state index in [0.29, 0.717) is 30.0 Å². The van der Waals surface area contributed by atoms with Crippen LogP contribution in [0.5, 0.6) is 5.75 Å². The summed E-state index contributed by atoms with van der Waals surface area (Å²) in [7, 11) is 1.57. The molecule has 0 aliphatic heterocycles. The number of rotatable bonds is 5. The molecule has 0 heterocycles. The Morgan fingerprint density at radius 3 is 2.83 bits per heavy atom. The van der Waals surface area contributed by atoms with Gasteiger partial charge in [-0.25, -0.2) is 0 Å². The van der Waals surface area contributed by atoms with E-state index in [9.17, 15) is 9.90 Å². The topological polar surface area (TPSA) is 58.6 Å². The summed E-state index contributed by atoms with van der Waals surface area (Å²) in [6, 6.07) is 13.0. The van der Waals surface area contributed by atoms with Gasteiger partial charge in [0.05, 0.1) is 24.3 Å². The summed E-state index contributed by atoms with van der Waals surface area (Å²) < 4.78 is 5.12. The number of nitrogens with one attached hydrogen (secondary N) is 1. The van der Waals surface area contributed by atoms with E-state index in [-0.39, 0.29) is 11.9 Å². The molecular weight excluding hydrogens is 326 g/mol. The lowest BCUT2D eigenvalue weighted by atomic mass is 10.1. The van der Waals surface area contributed by atoms with Gasteiger partial charge in [-0.3, -0.25) is 4.79 Å². The largest absolute Gasteiger partial charge is 0.495 e. The minimum atomic E-state index is -0.638. The molecule has 0 radical (unpaired) electrons. The number of aliphatic hydroxyl groups excluding tert-OH is 1. The zero-order valence-electron chi connectivity index (χ0n) is 13.5. The number of hydrogen-bond donors (Lipinski definition) is 2. The summed E-state index contributed by atoms with van der Waals surface area (Å²) in [5.41, 5.74) is 2.98. The van der Waals surface area contributed by atoms with Crippen molar-refractivity contribution in [1.29, 1.82) is 0 Å². The fourth-order valence-corrected chi connectivity index (χ4v) is 3.39. The van der Waals surface area contributed by atoms with Crippen LogP contribution in [-0.2, 0) is 17.6 Å². The maximum absolute atomic E-state index is 12.2. The second-order valence-electron chi connectivity index (χ2n) is 5.99. The number of aryl methyl sites for hydroxylation is 1. The number of aliphatic hydroxyl groups is 1. The smallest absolute Gasteiger partial charge is 0.220 e. The van der Waals surface area contributed by atoms with Gasteiger partial charge in [-0.1, -0.05) is 41.9 Å². The van der Waals surface area contributed by atoms with Gasteiger partial charge in [0.15, 0.2) is 0 Å². The molecule has 0 unspecified atom stereocenters. The molecule has 2 aromatic carbocycles. The molecule has 4 nitrogen and oxygen atoms in total. The summed E-state index contributed by atoms with van der Waals surface area (Å²) in [5.74, 6) is 0.551. The minimum Gasteiger partial charge on any atom is -0.495 e. The van der Waals surface area contributed by atoms with Crippen LogP contribution in [-0.4, -0.2) is 24.2 Å². The Bertz CT molecular complexity index is 747. The van der Waals surface area contributed by atoms with E-state index in [4.69, 9.17) is 16.3 Å². The zero-order valence-corrected chi connectivity index (χ0v) is 14.2. The van der Waals surface area contributed by atoms with Gasteiger partial charge in [-0.2, -0.15) is 0 Å². The number of fused-ring (bicyclic) bond motifs is 1. The Morgan fingerprint density at radius 2 is 2.12 bits per heavy atom. The third-order valence-corrected chi connectivity index (χ3v) is 4.69. The Kier molecular flexibility index (Phi) is 5.07. The van der Waals surface area contributed by atoms with Gasteiger partial charge in [0.1, 0.15) is 5.75 Å². The van der Waals surface area contributed by atoms with E-state index >= 15 is 0 Å². The van der Waals surface area contributed by atoms with Crippen molar-refractivity contribution in [2.75, 3.05) is 7.11 Å². The lowest BCUT2D eigenvalue weighted by Crippen LogP contribution is -2.37. The van der Waals surface area contributed by atoms with Crippen LogP contribution in [0.4, 0.5) is 0 Å². The zero-order chi connectivity index (χ0) is 17.1. The summed E-state index contributed by atoms with van der Waals surface area (Å²) in [6.45, 7) is 0. The third-order valence-electron chi connectivity index (χ3n) is 4.40. The number of halogens is 1. The molecule has 2 atom stereocenters. The number of methoxy groups -OCH3 is 1. The first-order valence-corrected chi connectivity index (χ1v) is 8.34. The van der Waals surface area contributed by atoms with Crippen molar-refractivity contribution in [2.24, 2.45) is 0 Å². The average molecular weight is 346 g/mol. The quantitative estimate of drug-likeness (QED) is 0.875. The van der Waals surface area contributed by atoms with E-state index in [1.165, 1.54) is 0 Å². The monoisotopic (exact) mass is 345 g/mol. The molecule has 2 N–H and O–H groups in total. The lowest BCUT2D eigenvalue weighted by Gasteiger charge is -2.17. The second kappa shape index (κ2) is 7.24. The van der Waals surface area contributed by atoms with Crippen LogP contribution in [0.1, 0.15) is 29.2 Å². The SMILES string of the molecule is COc1ccc(CCC(=O)N[C@@H]2Cc3ccccc3[C@H]2O)cc1Cl. The highest BCUT2D eigenvalue weighted by Gasteiger charge is 2.31. The van der Waals surface area contributed by atoms with Crippen LogP contribution < -0.4 is 10.1 Å². The number of amides is 1. The predicted molar refractivity (Wildman–Crippen MR) is 93.4 cm³/mol. The van der Waals surface area contributed by atoms with Gasteiger partial charge in [0.25, 0.3) is 0 Å². The van der Waals surface area contributed by atoms with E-state index in [0.717, 1.165) is 16.7 Å². The Hall–Kier alpha value is -2.04. The van der Waals surface area contributed by atoms with Gasteiger partial charge in [-0.15, -0.1) is 0 Å². The van der Waals surface area contributed by atoms with Crippen LogP contribution in [0, 0.1) is 0 Å². The summed E-state index contributed by atoms with van der Waals surface area (Å²) in [4.78, 5) is 12.2. The number of ether oxygens (including phenoxy) is 1. The Morgan fingerprint density at radius 1 is 1.33 bits per heavy atom. The van der Waals surface area contributed by atoms with Crippen molar-refractivity contribution < 1.29 is 14.6 Å². The molecule has 3 rings (SSSR count). The molecule has 24 heavy (non-hydrogen) atoms. The predicted octanol–water partition coefficient (Wildman–Crippen LogP) is 3.06. The summed E-state index contributed by atoms with van der Waals surface area (Å²) >= 11 is 6.09. The Balaban J connectivity index is 1.54. The molecule has 1 aliphatic carbocycles. The molecular formula is C19H20ClNO3. The van der Waals surface area contributed by atoms with Gasteiger partial charge >= 0.3 is 0 Å². The van der Waals surface area contributed by atoms with E-state index in [2.05, 4.69) is 5.32 Å². The first-order chi connectivity index (χ1) is 11.6. The first kappa shape index (κ1) is 16.8. The number of benzene rings is 2. The second-order valence-corrected chi connectivity index (χ2v) is 6.40. The molecule has 2 aromatic rings. The Labute approximate surface area is 146 Å². The van der Waals surface area contributed by atoms with Crippen molar-refractivity contribution in [1.82, 2.24) is 5.32 Å². The molecule has 0 saturated carbocycles. The molecule has 1 amide bonds. The standard InChI is InChI=1S/C19H20ClNO3/c1-24-17-8-6-12(10-15(17)20)7-9-18(22)21-16-11-13-4-2-3-5-14(13)19(16)23/h2-6,8,10,16,19,23H,7,9,11H2,1H3,(H,21,22)/t16-,19-/m1/s1. The molecule has 0 spiro atoms. The number of hydrogen-bond acceptors (Lipinski definition) is 3. The fraction of sp³-hybridized carbons (Fsp3) is 0.316. The number of carbonyl (C=O) groups excluding carboxylic acids is 1. The van der Waals surface area contributed by atoms with Gasteiger partial charge in [-0.05, 0) is 41.7 Å². The molecule has 0 bridgehead atoms. The fourth-order valence-electron chi connectivity index (χ4n) is 3.11. The molecule has 0 aromatic heterocycles. The van der Waals surface area contributed by atoms with Crippen molar-refractivity contribution in [3.05, 3.63) is 64.2 Å². The van der Waals surface area contributed by atoms with Gasteiger partial charge < -0.3 is 15.2 Å². The lowest BCUT2D eigenvalue weighted by molar-refractivity contribution is -0.122. The third kappa shape index (κ3) is 3.55. The summed E-state index contributed by atoms with van der Waals surface area (Å²) in [6.07, 6.45) is 0.964. The molecule has 0 fully saturated rings. The van der Waals surface area contributed by atoms with Crippen LogP contribution in [0.3, 0.4) is 0 Å². The van der Waals surface area contributed by atoms with Crippen molar-refractivity contribution >= 4 is 17.5 Å². The molecule has 5 heteroatoms. The number of carbonyl (C=O) groups is 1. The van der Waals surface area contributed by atoms with Gasteiger partial charge in [0, 0.05) is 6.42 Å². The van der Waals surface area contributed by atoms with Crippen LogP contribution in [0.2, 0.25) is 5.02 Å². The van der Waals surface area contributed by atoms with Crippen LogP contribution in [0.25, 0.3) is 0 Å². The maximum Gasteiger partial charge on any atom is 0.220 e. The normalized spacial score (nSPS) is 19.0. The highest BCUT2D eigenvalue weighted by atomic mass is 35.5. The van der Waals surface area contributed by atoms with Crippen LogP contribution in [0.15, 0.2) is 42.5 Å².